The van der Waals surface area contributed by atoms with Crippen LogP contribution in [0.3, 0.4) is 0 Å². The minimum absolute atomic E-state index is 0.306. The number of alkyl carbamates (subject to hydrolysis) is 1. The number of terminal acetylenes is 1. The average Bonchev–Trinajstić information content (AvgIpc) is 2.83. The van der Waals surface area contributed by atoms with E-state index in [1.807, 2.05) is 37.3 Å². The van der Waals surface area contributed by atoms with E-state index in [4.69, 9.17) is 11.2 Å². The fraction of sp³-hybridized carbons (Fsp3) is 0.393. The fourth-order valence-electron chi connectivity index (χ4n) is 3.49. The minimum Gasteiger partial charge on any atom is -0.444 e. The van der Waals surface area contributed by atoms with Gasteiger partial charge in [0, 0.05) is 18.7 Å². The largest absolute Gasteiger partial charge is 0.444 e. The van der Waals surface area contributed by atoms with Crippen LogP contribution in [-0.2, 0) is 20.9 Å². The molecule has 0 spiro atoms. The number of nitrogens with one attached hydrogen (secondary N) is 2. The second-order valence-corrected chi connectivity index (χ2v) is 9.13. The maximum Gasteiger partial charge on any atom is 0.408 e. The van der Waals surface area contributed by atoms with Gasteiger partial charge >= 0.3 is 6.09 Å². The number of benzene rings is 2. The zero-order chi connectivity index (χ0) is 25.8. The van der Waals surface area contributed by atoms with Gasteiger partial charge in [-0.1, -0.05) is 67.8 Å². The van der Waals surface area contributed by atoms with Gasteiger partial charge in [-0.3, -0.25) is 9.59 Å². The molecule has 0 aliphatic carbocycles. The molecule has 0 radical (unpaired) electrons. The van der Waals surface area contributed by atoms with Crippen LogP contribution >= 0.6 is 0 Å². The predicted octanol–water partition coefficient (Wildman–Crippen LogP) is 4.18. The highest BCUT2D eigenvalue weighted by atomic mass is 16.6. The van der Waals surface area contributed by atoms with Crippen molar-refractivity contribution in [1.29, 1.82) is 0 Å². The SMILES string of the molecule is C#Cc1ccccc1C(C(=O)NCc1ccccc1)N(CCCC)C(=O)CNC(=O)OC(C)(C)C. The number of carbonyl (C=O) groups is 3. The van der Waals surface area contributed by atoms with E-state index in [0.717, 1.165) is 12.0 Å². The van der Waals surface area contributed by atoms with Crippen molar-refractivity contribution in [2.45, 2.75) is 58.7 Å². The Morgan fingerprint density at radius 3 is 2.31 bits per heavy atom. The molecular weight excluding hydrogens is 442 g/mol. The highest BCUT2D eigenvalue weighted by Crippen LogP contribution is 2.25. The molecular formula is C28H35N3O4. The molecule has 0 aromatic heterocycles. The molecule has 3 amide bonds. The number of amides is 3. The van der Waals surface area contributed by atoms with Crippen LogP contribution in [0.1, 0.15) is 63.3 Å². The van der Waals surface area contributed by atoms with Gasteiger partial charge in [0.2, 0.25) is 11.8 Å². The van der Waals surface area contributed by atoms with Crippen molar-refractivity contribution in [2.24, 2.45) is 0 Å². The van der Waals surface area contributed by atoms with Gasteiger partial charge in [-0.25, -0.2) is 4.79 Å². The lowest BCUT2D eigenvalue weighted by Gasteiger charge is -2.32. The molecule has 0 heterocycles. The lowest BCUT2D eigenvalue weighted by atomic mass is 9.97. The third-order valence-corrected chi connectivity index (χ3v) is 5.14. The first kappa shape index (κ1) is 27.5. The number of ether oxygens (including phenoxy) is 1. The Morgan fingerprint density at radius 1 is 1.03 bits per heavy atom. The van der Waals surface area contributed by atoms with Crippen LogP contribution in [0, 0.1) is 12.3 Å². The van der Waals surface area contributed by atoms with Gasteiger partial charge in [0.05, 0.1) is 0 Å². The summed E-state index contributed by atoms with van der Waals surface area (Å²) in [5.41, 5.74) is 1.33. The molecule has 0 bridgehead atoms. The molecule has 0 fully saturated rings. The number of hydrogen-bond donors (Lipinski definition) is 2. The van der Waals surface area contributed by atoms with Crippen molar-refractivity contribution in [3.8, 4) is 12.3 Å². The third-order valence-electron chi connectivity index (χ3n) is 5.14. The smallest absolute Gasteiger partial charge is 0.408 e. The zero-order valence-electron chi connectivity index (χ0n) is 21.0. The molecule has 1 atom stereocenters. The highest BCUT2D eigenvalue weighted by Gasteiger charge is 2.32. The van der Waals surface area contributed by atoms with E-state index < -0.39 is 23.6 Å². The van der Waals surface area contributed by atoms with Gasteiger partial charge < -0.3 is 20.3 Å². The maximum absolute atomic E-state index is 13.5. The number of nitrogens with zero attached hydrogens (tertiary/aromatic N) is 1. The molecule has 1 unspecified atom stereocenters. The summed E-state index contributed by atoms with van der Waals surface area (Å²) in [7, 11) is 0. The van der Waals surface area contributed by atoms with E-state index in [9.17, 15) is 14.4 Å². The number of unbranched alkanes of at least 4 members (excludes halogenated alkanes) is 1. The second kappa shape index (κ2) is 13.2. The summed E-state index contributed by atoms with van der Waals surface area (Å²) in [5.74, 6) is 1.87. The van der Waals surface area contributed by atoms with E-state index in [1.54, 1.807) is 45.0 Å². The summed E-state index contributed by atoms with van der Waals surface area (Å²) < 4.78 is 5.24. The Balaban J connectivity index is 2.33. The first-order valence-electron chi connectivity index (χ1n) is 11.8. The normalized spacial score (nSPS) is 11.6. The Labute approximate surface area is 208 Å². The lowest BCUT2D eigenvalue weighted by Crippen LogP contribution is -2.48. The minimum atomic E-state index is -0.953. The molecule has 186 valence electrons. The Kier molecular flexibility index (Phi) is 10.3. The summed E-state index contributed by atoms with van der Waals surface area (Å²) in [6, 6.07) is 15.6. The van der Waals surface area contributed by atoms with Crippen LogP contribution < -0.4 is 10.6 Å². The molecule has 2 aromatic rings. The van der Waals surface area contributed by atoms with Crippen LogP contribution in [-0.4, -0.2) is 41.5 Å². The first-order valence-corrected chi connectivity index (χ1v) is 11.8. The van der Waals surface area contributed by atoms with E-state index in [-0.39, 0.29) is 12.5 Å². The Morgan fingerprint density at radius 2 is 1.69 bits per heavy atom. The van der Waals surface area contributed by atoms with Gasteiger partial charge in [0.15, 0.2) is 0 Å². The summed E-state index contributed by atoms with van der Waals surface area (Å²) in [4.78, 5) is 40.5. The van der Waals surface area contributed by atoms with Crippen molar-refractivity contribution < 1.29 is 19.1 Å². The number of hydrogen-bond acceptors (Lipinski definition) is 4. The summed E-state index contributed by atoms with van der Waals surface area (Å²) in [6.07, 6.45) is 6.53. The molecule has 35 heavy (non-hydrogen) atoms. The van der Waals surface area contributed by atoms with E-state index in [2.05, 4.69) is 16.6 Å². The molecule has 0 aliphatic heterocycles. The van der Waals surface area contributed by atoms with Crippen LogP contribution in [0.5, 0.6) is 0 Å². The molecule has 7 heteroatoms. The predicted molar refractivity (Wildman–Crippen MR) is 136 cm³/mol. The standard InChI is InChI=1S/C28H35N3O4/c1-6-8-18-31(24(32)20-30-27(34)35-28(3,4)5)25(23-17-13-12-16-22(23)7-2)26(33)29-19-21-14-10-9-11-15-21/h2,9-17,25H,6,8,18-20H2,1,3-5H3,(H,29,33)(H,30,34). The molecule has 2 rings (SSSR count). The molecule has 0 saturated carbocycles. The quantitative estimate of drug-likeness (QED) is 0.503. The summed E-state index contributed by atoms with van der Waals surface area (Å²) in [6.45, 7) is 7.55. The Bertz CT molecular complexity index is 1040. The van der Waals surface area contributed by atoms with E-state index in [1.165, 1.54) is 4.90 Å². The van der Waals surface area contributed by atoms with E-state index >= 15 is 0 Å². The first-order chi connectivity index (χ1) is 16.7. The van der Waals surface area contributed by atoms with Crippen molar-refractivity contribution in [1.82, 2.24) is 15.5 Å². The van der Waals surface area contributed by atoms with Gasteiger partial charge in [-0.2, -0.15) is 0 Å². The average molecular weight is 478 g/mol. The number of rotatable bonds is 10. The van der Waals surface area contributed by atoms with Gasteiger partial charge in [-0.15, -0.1) is 6.42 Å². The van der Waals surface area contributed by atoms with Gasteiger partial charge in [0.25, 0.3) is 0 Å². The summed E-state index contributed by atoms with van der Waals surface area (Å²) >= 11 is 0. The highest BCUT2D eigenvalue weighted by molar-refractivity contribution is 5.91. The topological polar surface area (TPSA) is 87.7 Å². The number of carbonyl (C=O) groups excluding carboxylic acids is 3. The van der Waals surface area contributed by atoms with Crippen LogP contribution in [0.25, 0.3) is 0 Å². The Hall–Kier alpha value is -3.79. The van der Waals surface area contributed by atoms with E-state index in [0.29, 0.717) is 30.6 Å². The molecule has 0 aliphatic rings. The third kappa shape index (κ3) is 8.82. The molecule has 2 N–H and O–H groups in total. The summed E-state index contributed by atoms with van der Waals surface area (Å²) in [5, 5.41) is 5.45. The van der Waals surface area contributed by atoms with Gasteiger partial charge in [0.1, 0.15) is 18.2 Å². The van der Waals surface area contributed by atoms with Crippen molar-refractivity contribution in [2.75, 3.05) is 13.1 Å². The van der Waals surface area contributed by atoms with Crippen LogP contribution in [0.2, 0.25) is 0 Å². The lowest BCUT2D eigenvalue weighted by molar-refractivity contribution is -0.140. The molecule has 2 aromatic carbocycles. The van der Waals surface area contributed by atoms with Crippen LogP contribution in [0.15, 0.2) is 54.6 Å². The van der Waals surface area contributed by atoms with Crippen molar-refractivity contribution in [3.05, 3.63) is 71.3 Å². The van der Waals surface area contributed by atoms with Crippen molar-refractivity contribution in [3.63, 3.8) is 0 Å². The molecule has 0 saturated heterocycles. The van der Waals surface area contributed by atoms with Gasteiger partial charge in [-0.05, 0) is 44.4 Å². The fourth-order valence-corrected chi connectivity index (χ4v) is 3.49. The zero-order valence-corrected chi connectivity index (χ0v) is 21.0. The monoisotopic (exact) mass is 477 g/mol. The van der Waals surface area contributed by atoms with Crippen molar-refractivity contribution >= 4 is 17.9 Å². The molecule has 7 nitrogen and oxygen atoms in total. The van der Waals surface area contributed by atoms with Crippen LogP contribution in [0.4, 0.5) is 4.79 Å². The maximum atomic E-state index is 13.5. The second-order valence-electron chi connectivity index (χ2n) is 9.13.